The number of carbonyl (C=O) groups excluding carboxylic acids is 1. The lowest BCUT2D eigenvalue weighted by Crippen LogP contribution is -2.13. The summed E-state index contributed by atoms with van der Waals surface area (Å²) in [6.45, 7) is 1.50. The standard InChI is InChI=1S/C23H19F4NO3S/c1-2-32(30,31)18-11-7-16(8-12-18)21(29)14-19(22-20(24)4-3-13-28-22)15-5-9-17(10-6-15)23(25,26)27/h3-13,19H,2,14H2,1H3/t19-/m0/s1. The maximum Gasteiger partial charge on any atom is 0.416 e. The molecule has 0 aliphatic rings. The van der Waals surface area contributed by atoms with Crippen LogP contribution in [0, 0.1) is 5.82 Å². The number of hydrogen-bond donors (Lipinski definition) is 0. The predicted octanol–water partition coefficient (Wildman–Crippen LogP) is 5.44. The first-order chi connectivity index (χ1) is 15.0. The van der Waals surface area contributed by atoms with Crippen LogP contribution in [0.1, 0.15) is 46.4 Å². The van der Waals surface area contributed by atoms with Gasteiger partial charge in [0.15, 0.2) is 15.6 Å². The van der Waals surface area contributed by atoms with Gasteiger partial charge in [0.2, 0.25) is 0 Å². The normalized spacial score (nSPS) is 13.0. The lowest BCUT2D eigenvalue weighted by atomic mass is 9.88. The highest BCUT2D eigenvalue weighted by atomic mass is 32.2. The van der Waals surface area contributed by atoms with Crippen molar-refractivity contribution in [2.75, 3.05) is 5.75 Å². The van der Waals surface area contributed by atoms with Gasteiger partial charge in [-0.25, -0.2) is 12.8 Å². The molecule has 0 unspecified atom stereocenters. The molecule has 1 heterocycles. The van der Waals surface area contributed by atoms with Crippen molar-refractivity contribution in [2.45, 2.75) is 30.3 Å². The van der Waals surface area contributed by atoms with E-state index in [4.69, 9.17) is 0 Å². The average Bonchev–Trinajstić information content (AvgIpc) is 2.77. The zero-order chi connectivity index (χ0) is 23.5. The van der Waals surface area contributed by atoms with Crippen LogP contribution in [-0.4, -0.2) is 24.9 Å². The van der Waals surface area contributed by atoms with Crippen LogP contribution in [0.5, 0.6) is 0 Å². The second-order valence-corrected chi connectivity index (χ2v) is 9.38. The maximum atomic E-state index is 14.4. The predicted molar refractivity (Wildman–Crippen MR) is 111 cm³/mol. The van der Waals surface area contributed by atoms with Crippen molar-refractivity contribution in [2.24, 2.45) is 0 Å². The number of nitrogens with zero attached hydrogens (tertiary/aromatic N) is 1. The van der Waals surface area contributed by atoms with Gasteiger partial charge >= 0.3 is 6.18 Å². The highest BCUT2D eigenvalue weighted by Crippen LogP contribution is 2.34. The van der Waals surface area contributed by atoms with Gasteiger partial charge in [0.25, 0.3) is 0 Å². The van der Waals surface area contributed by atoms with Crippen LogP contribution in [-0.2, 0) is 16.0 Å². The summed E-state index contributed by atoms with van der Waals surface area (Å²) >= 11 is 0. The van der Waals surface area contributed by atoms with Gasteiger partial charge in [0.05, 0.1) is 21.9 Å². The second kappa shape index (κ2) is 9.20. The molecular formula is C23H19F4NO3S. The van der Waals surface area contributed by atoms with E-state index in [1.165, 1.54) is 55.6 Å². The maximum absolute atomic E-state index is 14.4. The molecule has 0 saturated heterocycles. The molecule has 0 bridgehead atoms. The van der Waals surface area contributed by atoms with Gasteiger partial charge in [-0.15, -0.1) is 0 Å². The van der Waals surface area contributed by atoms with E-state index in [-0.39, 0.29) is 28.3 Å². The van der Waals surface area contributed by atoms with Gasteiger partial charge in [-0.2, -0.15) is 13.2 Å². The number of Topliss-reactive ketones (excluding diaryl/α,β-unsaturated/α-hetero) is 1. The number of ketones is 1. The van der Waals surface area contributed by atoms with E-state index in [9.17, 15) is 30.8 Å². The molecule has 0 fully saturated rings. The Morgan fingerprint density at radius 3 is 2.16 bits per heavy atom. The monoisotopic (exact) mass is 465 g/mol. The summed E-state index contributed by atoms with van der Waals surface area (Å²) in [5.74, 6) is -2.13. The Labute approximate surface area is 182 Å². The lowest BCUT2D eigenvalue weighted by molar-refractivity contribution is -0.137. The fourth-order valence-corrected chi connectivity index (χ4v) is 4.13. The molecule has 1 atom stereocenters. The molecule has 1 aromatic heterocycles. The Hall–Kier alpha value is -3.07. The number of carbonyl (C=O) groups is 1. The number of halogens is 4. The van der Waals surface area contributed by atoms with Gasteiger partial charge in [-0.05, 0) is 42.0 Å². The molecule has 3 rings (SSSR count). The Balaban J connectivity index is 1.95. The summed E-state index contributed by atoms with van der Waals surface area (Å²) in [7, 11) is -3.43. The number of hydrogen-bond acceptors (Lipinski definition) is 4. The van der Waals surface area contributed by atoms with Gasteiger partial charge in [0, 0.05) is 24.1 Å². The Kier molecular flexibility index (Phi) is 6.78. The molecule has 2 aromatic carbocycles. The molecule has 0 aliphatic carbocycles. The van der Waals surface area contributed by atoms with Crippen molar-refractivity contribution in [1.82, 2.24) is 4.98 Å². The number of sulfone groups is 1. The summed E-state index contributed by atoms with van der Waals surface area (Å²) in [6.07, 6.45) is -3.45. The fourth-order valence-electron chi connectivity index (χ4n) is 3.25. The SMILES string of the molecule is CCS(=O)(=O)c1ccc(C(=O)C[C@@H](c2ccc(C(F)(F)F)cc2)c2ncccc2F)cc1. The highest BCUT2D eigenvalue weighted by molar-refractivity contribution is 7.91. The third-order valence-electron chi connectivity index (χ3n) is 5.06. The van der Waals surface area contributed by atoms with E-state index in [1.54, 1.807) is 0 Å². The zero-order valence-corrected chi connectivity index (χ0v) is 17.8. The first-order valence-electron chi connectivity index (χ1n) is 9.66. The third kappa shape index (κ3) is 5.21. The summed E-state index contributed by atoms with van der Waals surface area (Å²) < 4.78 is 77.1. The van der Waals surface area contributed by atoms with Crippen LogP contribution < -0.4 is 0 Å². The Bertz CT molecular complexity index is 1210. The first-order valence-corrected chi connectivity index (χ1v) is 11.3. The summed E-state index contributed by atoms with van der Waals surface area (Å²) in [5, 5.41) is 0. The minimum absolute atomic E-state index is 0.0641. The molecule has 0 spiro atoms. The fraction of sp³-hybridized carbons (Fsp3) is 0.217. The van der Waals surface area contributed by atoms with Gasteiger partial charge < -0.3 is 0 Å². The Morgan fingerprint density at radius 2 is 1.62 bits per heavy atom. The van der Waals surface area contributed by atoms with Gasteiger partial charge in [0.1, 0.15) is 5.82 Å². The third-order valence-corrected chi connectivity index (χ3v) is 6.81. The van der Waals surface area contributed by atoms with E-state index in [1.807, 2.05) is 0 Å². The summed E-state index contributed by atoms with van der Waals surface area (Å²) in [5.41, 5.74) is -0.422. The molecule has 0 saturated carbocycles. The largest absolute Gasteiger partial charge is 0.416 e. The van der Waals surface area contributed by atoms with Crippen molar-refractivity contribution in [3.63, 3.8) is 0 Å². The molecule has 0 aliphatic heterocycles. The Morgan fingerprint density at radius 1 is 1.00 bits per heavy atom. The number of rotatable bonds is 7. The number of alkyl halides is 3. The van der Waals surface area contributed by atoms with E-state index in [0.717, 1.165) is 18.2 Å². The van der Waals surface area contributed by atoms with Crippen molar-refractivity contribution >= 4 is 15.6 Å². The van der Waals surface area contributed by atoms with Gasteiger partial charge in [-0.3, -0.25) is 9.78 Å². The summed E-state index contributed by atoms with van der Waals surface area (Å²) in [6, 6.07) is 12.0. The quantitative estimate of drug-likeness (QED) is 0.344. The molecule has 168 valence electrons. The highest BCUT2D eigenvalue weighted by Gasteiger charge is 2.31. The molecule has 0 amide bonds. The number of benzene rings is 2. The average molecular weight is 465 g/mol. The van der Waals surface area contributed by atoms with Crippen LogP contribution in [0.15, 0.2) is 71.8 Å². The topological polar surface area (TPSA) is 64.1 Å². The minimum Gasteiger partial charge on any atom is -0.294 e. The molecule has 32 heavy (non-hydrogen) atoms. The lowest BCUT2D eigenvalue weighted by Gasteiger charge is -2.18. The van der Waals surface area contributed by atoms with Crippen LogP contribution in [0.3, 0.4) is 0 Å². The van der Waals surface area contributed by atoms with Crippen LogP contribution >= 0.6 is 0 Å². The van der Waals surface area contributed by atoms with E-state index in [2.05, 4.69) is 4.98 Å². The molecule has 4 nitrogen and oxygen atoms in total. The van der Waals surface area contributed by atoms with Crippen molar-refractivity contribution in [3.8, 4) is 0 Å². The number of pyridine rings is 1. The van der Waals surface area contributed by atoms with Crippen LogP contribution in [0.25, 0.3) is 0 Å². The molecule has 0 N–H and O–H groups in total. The van der Waals surface area contributed by atoms with E-state index >= 15 is 0 Å². The minimum atomic E-state index is -4.53. The van der Waals surface area contributed by atoms with Crippen molar-refractivity contribution in [1.29, 1.82) is 0 Å². The zero-order valence-electron chi connectivity index (χ0n) is 16.9. The molecule has 3 aromatic rings. The van der Waals surface area contributed by atoms with E-state index in [0.29, 0.717) is 5.56 Å². The smallest absolute Gasteiger partial charge is 0.294 e. The van der Waals surface area contributed by atoms with Crippen LogP contribution in [0.4, 0.5) is 17.6 Å². The second-order valence-electron chi connectivity index (χ2n) is 7.10. The van der Waals surface area contributed by atoms with Crippen molar-refractivity contribution in [3.05, 3.63) is 95.1 Å². The van der Waals surface area contributed by atoms with E-state index < -0.39 is 39.1 Å². The molecular weight excluding hydrogens is 446 g/mol. The molecule has 9 heteroatoms. The summed E-state index contributed by atoms with van der Waals surface area (Å²) in [4.78, 5) is 17.0. The van der Waals surface area contributed by atoms with Crippen molar-refractivity contribution < 1.29 is 30.8 Å². The first kappa shape index (κ1) is 23.6. The number of aromatic nitrogens is 1. The van der Waals surface area contributed by atoms with Gasteiger partial charge in [-0.1, -0.05) is 31.2 Å². The molecule has 0 radical (unpaired) electrons. The van der Waals surface area contributed by atoms with Crippen LogP contribution in [0.2, 0.25) is 0 Å².